The predicted molar refractivity (Wildman–Crippen MR) is 73.5 cm³/mol. The molecule has 2 nitrogen and oxygen atoms in total. The first-order chi connectivity index (χ1) is 9.50. The standard InChI is InChI=1S/C14H15F3N2S/c1-2-13-19-11(9-20-13)8-18-7-10-5-3-4-6-12(10)14(15,16)17/h3-6,9,18H,2,7-8H2,1H3. The molecule has 1 aromatic heterocycles. The Balaban J connectivity index is 1.97. The fourth-order valence-electron chi connectivity index (χ4n) is 1.87. The monoisotopic (exact) mass is 300 g/mol. The summed E-state index contributed by atoms with van der Waals surface area (Å²) in [4.78, 5) is 4.36. The van der Waals surface area contributed by atoms with Gasteiger partial charge in [-0.1, -0.05) is 25.1 Å². The van der Waals surface area contributed by atoms with Gasteiger partial charge in [-0.15, -0.1) is 11.3 Å². The number of halogens is 3. The Labute approximate surface area is 119 Å². The van der Waals surface area contributed by atoms with Crippen molar-refractivity contribution in [2.45, 2.75) is 32.6 Å². The summed E-state index contributed by atoms with van der Waals surface area (Å²) in [6, 6.07) is 5.62. The number of hydrogen-bond donors (Lipinski definition) is 1. The van der Waals surface area contributed by atoms with Crippen LogP contribution in [-0.4, -0.2) is 4.98 Å². The zero-order valence-electron chi connectivity index (χ0n) is 11.0. The molecule has 20 heavy (non-hydrogen) atoms. The van der Waals surface area contributed by atoms with Crippen LogP contribution in [0.5, 0.6) is 0 Å². The molecule has 108 valence electrons. The van der Waals surface area contributed by atoms with Gasteiger partial charge in [0.25, 0.3) is 0 Å². The molecule has 0 spiro atoms. The number of alkyl halides is 3. The lowest BCUT2D eigenvalue weighted by molar-refractivity contribution is -0.138. The van der Waals surface area contributed by atoms with Crippen molar-refractivity contribution >= 4 is 11.3 Å². The third kappa shape index (κ3) is 3.80. The van der Waals surface area contributed by atoms with E-state index in [0.717, 1.165) is 23.2 Å². The lowest BCUT2D eigenvalue weighted by Gasteiger charge is -2.12. The number of thiazole rings is 1. The van der Waals surface area contributed by atoms with Gasteiger partial charge >= 0.3 is 6.18 Å². The fraction of sp³-hybridized carbons (Fsp3) is 0.357. The van der Waals surface area contributed by atoms with Gasteiger partial charge in [0.05, 0.1) is 16.3 Å². The zero-order chi connectivity index (χ0) is 14.6. The summed E-state index contributed by atoms with van der Waals surface area (Å²) in [5.41, 5.74) is 0.544. The van der Waals surface area contributed by atoms with E-state index in [2.05, 4.69) is 10.3 Å². The highest BCUT2D eigenvalue weighted by atomic mass is 32.1. The van der Waals surface area contributed by atoms with Crippen LogP contribution >= 0.6 is 11.3 Å². The number of nitrogens with zero attached hydrogens (tertiary/aromatic N) is 1. The van der Waals surface area contributed by atoms with Gasteiger partial charge in [-0.25, -0.2) is 4.98 Å². The number of nitrogens with one attached hydrogen (secondary N) is 1. The van der Waals surface area contributed by atoms with Gasteiger partial charge < -0.3 is 5.32 Å². The van der Waals surface area contributed by atoms with Gasteiger partial charge in [-0.3, -0.25) is 0 Å². The van der Waals surface area contributed by atoms with Crippen LogP contribution in [-0.2, 0) is 25.7 Å². The van der Waals surface area contributed by atoms with Crippen molar-refractivity contribution in [3.05, 3.63) is 51.5 Å². The third-order valence-electron chi connectivity index (χ3n) is 2.85. The van der Waals surface area contributed by atoms with Crippen molar-refractivity contribution in [3.8, 4) is 0 Å². The topological polar surface area (TPSA) is 24.9 Å². The van der Waals surface area contributed by atoms with Gasteiger partial charge in [-0.2, -0.15) is 13.2 Å². The van der Waals surface area contributed by atoms with Crippen LogP contribution in [0, 0.1) is 0 Å². The molecule has 6 heteroatoms. The largest absolute Gasteiger partial charge is 0.416 e. The van der Waals surface area contributed by atoms with E-state index in [4.69, 9.17) is 0 Å². The molecular weight excluding hydrogens is 285 g/mol. The van der Waals surface area contributed by atoms with E-state index >= 15 is 0 Å². The number of rotatable bonds is 5. The molecule has 0 saturated carbocycles. The van der Waals surface area contributed by atoms with Gasteiger partial charge in [0.2, 0.25) is 0 Å². The first-order valence-corrected chi connectivity index (χ1v) is 7.17. The molecule has 1 N–H and O–H groups in total. The number of benzene rings is 1. The minimum Gasteiger partial charge on any atom is -0.307 e. The maximum Gasteiger partial charge on any atom is 0.416 e. The van der Waals surface area contributed by atoms with Crippen molar-refractivity contribution in [2.24, 2.45) is 0 Å². The van der Waals surface area contributed by atoms with E-state index in [0.29, 0.717) is 6.54 Å². The van der Waals surface area contributed by atoms with E-state index in [1.807, 2.05) is 12.3 Å². The first-order valence-electron chi connectivity index (χ1n) is 6.29. The summed E-state index contributed by atoms with van der Waals surface area (Å²) in [5, 5.41) is 5.98. The molecule has 0 fully saturated rings. The van der Waals surface area contributed by atoms with Crippen LogP contribution in [0.3, 0.4) is 0 Å². The summed E-state index contributed by atoms with van der Waals surface area (Å²) in [5.74, 6) is 0. The Morgan fingerprint density at radius 3 is 2.60 bits per heavy atom. The second-order valence-electron chi connectivity index (χ2n) is 4.34. The molecule has 2 rings (SSSR count). The third-order valence-corrected chi connectivity index (χ3v) is 3.89. The summed E-state index contributed by atoms with van der Waals surface area (Å²) >= 11 is 1.57. The summed E-state index contributed by atoms with van der Waals surface area (Å²) in [6.45, 7) is 2.67. The lowest BCUT2D eigenvalue weighted by Crippen LogP contribution is -2.17. The Kier molecular flexibility index (Phi) is 4.77. The SMILES string of the molecule is CCc1nc(CNCc2ccccc2C(F)(F)F)cs1. The molecule has 0 amide bonds. The van der Waals surface area contributed by atoms with Crippen molar-refractivity contribution in [1.29, 1.82) is 0 Å². The van der Waals surface area contributed by atoms with E-state index in [1.54, 1.807) is 17.4 Å². The van der Waals surface area contributed by atoms with E-state index in [-0.39, 0.29) is 12.1 Å². The maximum atomic E-state index is 12.8. The van der Waals surface area contributed by atoms with E-state index in [1.165, 1.54) is 12.1 Å². The molecule has 0 aliphatic rings. The lowest BCUT2D eigenvalue weighted by atomic mass is 10.1. The number of aromatic nitrogens is 1. The van der Waals surface area contributed by atoms with Crippen LogP contribution < -0.4 is 5.32 Å². The Morgan fingerprint density at radius 1 is 1.20 bits per heavy atom. The highest BCUT2D eigenvalue weighted by molar-refractivity contribution is 7.09. The normalized spacial score (nSPS) is 11.8. The minimum absolute atomic E-state index is 0.175. The molecule has 1 aromatic carbocycles. The van der Waals surface area contributed by atoms with Crippen LogP contribution in [0.2, 0.25) is 0 Å². The molecule has 0 radical (unpaired) electrons. The van der Waals surface area contributed by atoms with Gasteiger partial charge in [0.15, 0.2) is 0 Å². The zero-order valence-corrected chi connectivity index (χ0v) is 11.8. The van der Waals surface area contributed by atoms with Crippen molar-refractivity contribution in [2.75, 3.05) is 0 Å². The molecule has 0 aliphatic carbocycles. The maximum absolute atomic E-state index is 12.8. The van der Waals surface area contributed by atoms with Gasteiger partial charge in [0.1, 0.15) is 0 Å². The van der Waals surface area contributed by atoms with Crippen LogP contribution in [0.1, 0.15) is 28.8 Å². The van der Waals surface area contributed by atoms with E-state index < -0.39 is 11.7 Å². The van der Waals surface area contributed by atoms with Crippen molar-refractivity contribution in [1.82, 2.24) is 10.3 Å². The quantitative estimate of drug-likeness (QED) is 0.902. The van der Waals surface area contributed by atoms with Crippen LogP contribution in [0.25, 0.3) is 0 Å². The average molecular weight is 300 g/mol. The molecule has 1 heterocycles. The molecule has 0 unspecified atom stereocenters. The molecule has 0 saturated heterocycles. The number of hydrogen-bond acceptors (Lipinski definition) is 3. The first kappa shape index (κ1) is 15.0. The van der Waals surface area contributed by atoms with Crippen molar-refractivity contribution < 1.29 is 13.2 Å². The second-order valence-corrected chi connectivity index (χ2v) is 5.29. The molecular formula is C14H15F3N2S. The number of aryl methyl sites for hydroxylation is 1. The smallest absolute Gasteiger partial charge is 0.307 e. The Bertz CT molecular complexity index is 564. The van der Waals surface area contributed by atoms with Crippen LogP contribution in [0.15, 0.2) is 29.6 Å². The summed E-state index contributed by atoms with van der Waals surface area (Å²) < 4.78 is 38.4. The summed E-state index contributed by atoms with van der Waals surface area (Å²) in [7, 11) is 0. The summed E-state index contributed by atoms with van der Waals surface area (Å²) in [6.07, 6.45) is -3.43. The molecule has 0 bridgehead atoms. The highest BCUT2D eigenvalue weighted by Crippen LogP contribution is 2.31. The predicted octanol–water partition coefficient (Wildman–Crippen LogP) is 4.01. The Hall–Kier alpha value is -1.40. The van der Waals surface area contributed by atoms with Gasteiger partial charge in [0, 0.05) is 18.5 Å². The average Bonchev–Trinajstić information content (AvgIpc) is 2.86. The minimum atomic E-state index is -4.31. The fourth-order valence-corrected chi connectivity index (χ4v) is 2.61. The second kappa shape index (κ2) is 6.37. The molecule has 0 aliphatic heterocycles. The van der Waals surface area contributed by atoms with Crippen molar-refractivity contribution in [3.63, 3.8) is 0 Å². The highest BCUT2D eigenvalue weighted by Gasteiger charge is 2.32. The van der Waals surface area contributed by atoms with Gasteiger partial charge in [-0.05, 0) is 18.1 Å². The Morgan fingerprint density at radius 2 is 1.95 bits per heavy atom. The molecule has 2 aromatic rings. The molecule has 0 atom stereocenters. The van der Waals surface area contributed by atoms with E-state index in [9.17, 15) is 13.2 Å². The van der Waals surface area contributed by atoms with Crippen LogP contribution in [0.4, 0.5) is 13.2 Å².